The molecular weight excluding hydrogens is 496 g/mol. The van der Waals surface area contributed by atoms with Gasteiger partial charge in [0.2, 0.25) is 17.5 Å². The summed E-state index contributed by atoms with van der Waals surface area (Å²) in [6, 6.07) is 0. The lowest BCUT2D eigenvalue weighted by molar-refractivity contribution is -0.137. The van der Waals surface area contributed by atoms with Gasteiger partial charge in [0.25, 0.3) is 11.8 Å². The molecule has 0 aliphatic carbocycles. The number of unbranched alkanes of at least 4 members (excludes halogenated alkanes) is 7. The summed E-state index contributed by atoms with van der Waals surface area (Å²) in [4.78, 5) is 47.7. The van der Waals surface area contributed by atoms with Crippen molar-refractivity contribution >= 4 is 23.7 Å². The Balaban J connectivity index is 1.50. The van der Waals surface area contributed by atoms with Crippen LogP contribution in [0.1, 0.15) is 76.7 Å². The fourth-order valence-corrected chi connectivity index (χ4v) is 3.91. The zero-order chi connectivity index (χ0) is 27.4. The van der Waals surface area contributed by atoms with Gasteiger partial charge in [-0.3, -0.25) is 24.1 Å². The predicted molar refractivity (Wildman–Crippen MR) is 126 cm³/mol. The third kappa shape index (κ3) is 8.98. The predicted octanol–water partition coefficient (Wildman–Crippen LogP) is 4.65. The number of nitrogens with zero attached hydrogens (tertiary/aromatic N) is 1. The summed E-state index contributed by atoms with van der Waals surface area (Å²) in [5, 5.41) is 2.69. The molecule has 0 spiro atoms. The summed E-state index contributed by atoms with van der Waals surface area (Å²) in [5.74, 6) is -9.83. The number of ether oxygens (including phenoxy) is 1. The van der Waals surface area contributed by atoms with Crippen LogP contribution >= 0.6 is 0 Å². The zero-order valence-electron chi connectivity index (χ0n) is 20.8. The number of amides is 3. The summed E-state index contributed by atoms with van der Waals surface area (Å²) >= 11 is 0. The molecule has 0 bridgehead atoms. The largest absolute Gasteiger partial charge is 0.423 e. The number of benzene rings is 1. The van der Waals surface area contributed by atoms with Gasteiger partial charge in [-0.1, -0.05) is 45.4 Å². The minimum absolute atomic E-state index is 0.0606. The SMILES string of the molecule is CCc1c(F)c(F)c(F)c(F)c1OC(=O)CCCCCCCCCCC(=O)NCCN1C(=O)C=CC1=O. The smallest absolute Gasteiger partial charge is 0.311 e. The third-order valence-corrected chi connectivity index (χ3v) is 5.98. The molecule has 0 aromatic heterocycles. The average molecular weight is 529 g/mol. The first kappa shape index (κ1) is 30.0. The second-order valence-corrected chi connectivity index (χ2v) is 8.73. The highest BCUT2D eigenvalue weighted by Crippen LogP contribution is 2.31. The normalized spacial score (nSPS) is 12.9. The van der Waals surface area contributed by atoms with Crippen LogP contribution < -0.4 is 10.1 Å². The molecule has 1 aromatic rings. The molecule has 1 heterocycles. The Labute approximate surface area is 213 Å². The molecule has 0 atom stereocenters. The molecule has 0 radical (unpaired) electrons. The Kier molecular flexibility index (Phi) is 12.2. The van der Waals surface area contributed by atoms with Gasteiger partial charge < -0.3 is 10.1 Å². The second-order valence-electron chi connectivity index (χ2n) is 8.73. The van der Waals surface area contributed by atoms with E-state index in [-0.39, 0.29) is 43.7 Å². The van der Waals surface area contributed by atoms with Crippen molar-refractivity contribution in [2.45, 2.75) is 77.6 Å². The van der Waals surface area contributed by atoms with Gasteiger partial charge in [-0.25, -0.2) is 13.2 Å². The number of nitrogens with one attached hydrogen (secondary N) is 1. The van der Waals surface area contributed by atoms with Gasteiger partial charge in [0.15, 0.2) is 17.4 Å². The van der Waals surface area contributed by atoms with Gasteiger partial charge in [0.1, 0.15) is 0 Å². The van der Waals surface area contributed by atoms with Crippen LogP contribution in [0.25, 0.3) is 0 Å². The van der Waals surface area contributed by atoms with Crippen LogP contribution in [0.3, 0.4) is 0 Å². The monoisotopic (exact) mass is 528 g/mol. The van der Waals surface area contributed by atoms with Crippen LogP contribution in [0.15, 0.2) is 12.2 Å². The highest BCUT2D eigenvalue weighted by Gasteiger charge is 2.27. The van der Waals surface area contributed by atoms with Gasteiger partial charge in [0.05, 0.1) is 0 Å². The van der Waals surface area contributed by atoms with Crippen molar-refractivity contribution in [3.63, 3.8) is 0 Å². The minimum atomic E-state index is -2.01. The molecule has 37 heavy (non-hydrogen) atoms. The minimum Gasteiger partial charge on any atom is -0.423 e. The number of imide groups is 1. The first-order chi connectivity index (χ1) is 17.7. The van der Waals surface area contributed by atoms with E-state index in [0.717, 1.165) is 43.4 Å². The van der Waals surface area contributed by atoms with E-state index in [2.05, 4.69) is 5.32 Å². The Hall–Kier alpha value is -3.24. The van der Waals surface area contributed by atoms with Crippen molar-refractivity contribution in [1.82, 2.24) is 10.2 Å². The second kappa shape index (κ2) is 15.1. The molecule has 204 valence electrons. The van der Waals surface area contributed by atoms with E-state index in [1.54, 1.807) is 0 Å². The highest BCUT2D eigenvalue weighted by molar-refractivity contribution is 6.12. The number of carbonyl (C=O) groups excluding carboxylic acids is 4. The maximum absolute atomic E-state index is 13.9. The van der Waals surface area contributed by atoms with E-state index in [0.29, 0.717) is 19.3 Å². The summed E-state index contributed by atoms with van der Waals surface area (Å²) in [6.45, 7) is 1.77. The van der Waals surface area contributed by atoms with E-state index in [1.165, 1.54) is 19.1 Å². The number of hydrogen-bond donors (Lipinski definition) is 1. The summed E-state index contributed by atoms with van der Waals surface area (Å²) in [6.07, 6.45) is 8.98. The molecule has 0 unspecified atom stereocenters. The van der Waals surface area contributed by atoms with Gasteiger partial charge in [-0.15, -0.1) is 0 Å². The van der Waals surface area contributed by atoms with Crippen molar-refractivity contribution in [1.29, 1.82) is 0 Å². The summed E-state index contributed by atoms with van der Waals surface area (Å²) in [5.41, 5.74) is -0.519. The summed E-state index contributed by atoms with van der Waals surface area (Å²) < 4.78 is 59.4. The topological polar surface area (TPSA) is 92.8 Å². The van der Waals surface area contributed by atoms with Gasteiger partial charge in [-0.2, -0.15) is 4.39 Å². The molecule has 1 N–H and O–H groups in total. The third-order valence-electron chi connectivity index (χ3n) is 5.98. The van der Waals surface area contributed by atoms with Crippen LogP contribution in [-0.2, 0) is 25.6 Å². The van der Waals surface area contributed by atoms with Crippen LogP contribution in [0.5, 0.6) is 5.75 Å². The number of halogens is 4. The maximum atomic E-state index is 13.9. The first-order valence-corrected chi connectivity index (χ1v) is 12.5. The van der Waals surface area contributed by atoms with Crippen molar-refractivity contribution in [2.75, 3.05) is 13.1 Å². The number of esters is 1. The quantitative estimate of drug-likeness (QED) is 0.0641. The molecule has 7 nitrogen and oxygen atoms in total. The first-order valence-electron chi connectivity index (χ1n) is 12.5. The van der Waals surface area contributed by atoms with Crippen LogP contribution in [-0.4, -0.2) is 41.7 Å². The molecule has 0 saturated heterocycles. The molecule has 0 fully saturated rings. The maximum Gasteiger partial charge on any atom is 0.311 e. The molecule has 1 aromatic carbocycles. The van der Waals surface area contributed by atoms with Crippen molar-refractivity contribution < 1.29 is 41.5 Å². The molecular formula is C26H32F4N2O5. The van der Waals surface area contributed by atoms with E-state index >= 15 is 0 Å². The molecule has 1 aliphatic heterocycles. The van der Waals surface area contributed by atoms with Crippen LogP contribution in [0.2, 0.25) is 0 Å². The van der Waals surface area contributed by atoms with E-state index in [4.69, 9.17) is 4.74 Å². The lowest BCUT2D eigenvalue weighted by atomic mass is 10.1. The van der Waals surface area contributed by atoms with Crippen molar-refractivity contribution in [3.8, 4) is 5.75 Å². The van der Waals surface area contributed by atoms with E-state index in [1.807, 2.05) is 0 Å². The Morgan fingerprint density at radius 2 is 1.30 bits per heavy atom. The Morgan fingerprint density at radius 3 is 1.86 bits per heavy atom. The highest BCUT2D eigenvalue weighted by atomic mass is 19.2. The van der Waals surface area contributed by atoms with E-state index in [9.17, 15) is 36.7 Å². The van der Waals surface area contributed by atoms with Crippen LogP contribution in [0, 0.1) is 23.3 Å². The molecule has 3 amide bonds. The fourth-order valence-electron chi connectivity index (χ4n) is 3.91. The van der Waals surface area contributed by atoms with Crippen molar-refractivity contribution in [2.24, 2.45) is 0 Å². The number of rotatable bonds is 16. The van der Waals surface area contributed by atoms with Crippen LogP contribution in [0.4, 0.5) is 17.6 Å². The Morgan fingerprint density at radius 1 is 0.784 bits per heavy atom. The Bertz CT molecular complexity index is 1010. The molecule has 2 rings (SSSR count). The van der Waals surface area contributed by atoms with Gasteiger partial charge in [-0.05, 0) is 19.3 Å². The van der Waals surface area contributed by atoms with E-state index < -0.39 is 40.6 Å². The van der Waals surface area contributed by atoms with Gasteiger partial charge in [0, 0.05) is 43.6 Å². The number of carbonyl (C=O) groups is 4. The zero-order valence-corrected chi connectivity index (χ0v) is 20.8. The summed E-state index contributed by atoms with van der Waals surface area (Å²) in [7, 11) is 0. The molecule has 0 saturated carbocycles. The number of hydrogen-bond acceptors (Lipinski definition) is 5. The standard InChI is InChI=1S/C26H32F4N2O5/c1-2-17-22(27)23(28)24(29)25(30)26(17)37-21(36)12-10-8-6-4-3-5-7-9-11-18(33)31-15-16-32-19(34)13-14-20(32)35/h13-14H,2-12,15-16H2,1H3,(H,31,33). The molecule has 11 heteroatoms. The van der Waals surface area contributed by atoms with Gasteiger partial charge >= 0.3 is 5.97 Å². The lowest BCUT2D eigenvalue weighted by Crippen LogP contribution is -2.38. The van der Waals surface area contributed by atoms with Crippen molar-refractivity contribution in [3.05, 3.63) is 41.0 Å². The fraction of sp³-hybridized carbons (Fsp3) is 0.538. The lowest BCUT2D eigenvalue weighted by Gasteiger charge is -2.13. The molecule has 1 aliphatic rings. The average Bonchev–Trinajstić information content (AvgIpc) is 3.19.